The minimum absolute atomic E-state index is 0.00356. The van der Waals surface area contributed by atoms with Crippen molar-refractivity contribution < 1.29 is 14.8 Å². The van der Waals surface area contributed by atoms with Gasteiger partial charge in [-0.15, -0.1) is 0 Å². The highest BCUT2D eigenvalue weighted by molar-refractivity contribution is 6.01. The fourth-order valence-corrected chi connectivity index (χ4v) is 4.13. The van der Waals surface area contributed by atoms with E-state index in [2.05, 4.69) is 10.6 Å². The number of Topliss-reactive ketones (excluding diaryl/α,β-unsaturated/α-hetero) is 1. The van der Waals surface area contributed by atoms with Gasteiger partial charge in [-0.1, -0.05) is 38.1 Å². The molecule has 1 aliphatic carbocycles. The number of benzene rings is 2. The van der Waals surface area contributed by atoms with E-state index < -0.39 is 11.0 Å². The van der Waals surface area contributed by atoms with E-state index in [1.807, 2.05) is 19.9 Å². The Kier molecular flexibility index (Phi) is 4.81. The molecule has 3 N–H and O–H groups in total. The average molecular weight is 405 g/mol. The summed E-state index contributed by atoms with van der Waals surface area (Å²) < 4.78 is 0. The quantitative estimate of drug-likeness (QED) is 0.383. The maximum Gasteiger partial charge on any atom is 0.276 e. The number of allylic oxidation sites excluding steroid dienone is 1. The fraction of sp³-hybridized carbons (Fsp3) is 0.261. The van der Waals surface area contributed by atoms with Crippen molar-refractivity contribution in [3.8, 4) is 5.75 Å². The Morgan fingerprint density at radius 2 is 1.93 bits per heavy atom. The van der Waals surface area contributed by atoms with E-state index in [0.717, 1.165) is 5.70 Å². The van der Waals surface area contributed by atoms with Gasteiger partial charge >= 0.3 is 0 Å². The predicted octanol–water partition coefficient (Wildman–Crippen LogP) is 4.86. The molecule has 0 radical (unpaired) electrons. The van der Waals surface area contributed by atoms with Gasteiger partial charge in [0.15, 0.2) is 5.78 Å². The summed E-state index contributed by atoms with van der Waals surface area (Å²) in [6, 6.07) is 11.1. The number of phenolic OH excluding ortho intramolecular Hbond substituents is 1. The van der Waals surface area contributed by atoms with Gasteiger partial charge in [-0.2, -0.15) is 0 Å². The molecule has 0 bridgehead atoms. The number of aromatic hydroxyl groups is 1. The molecule has 0 saturated heterocycles. The lowest BCUT2D eigenvalue weighted by Crippen LogP contribution is -2.34. The monoisotopic (exact) mass is 405 g/mol. The molecule has 0 amide bonds. The van der Waals surface area contributed by atoms with Crippen molar-refractivity contribution in [3.05, 3.63) is 75.5 Å². The molecule has 1 aliphatic heterocycles. The van der Waals surface area contributed by atoms with Crippen LogP contribution in [0.2, 0.25) is 0 Å². The molecule has 30 heavy (non-hydrogen) atoms. The van der Waals surface area contributed by atoms with Crippen molar-refractivity contribution >= 4 is 28.9 Å². The lowest BCUT2D eigenvalue weighted by Gasteiger charge is -2.33. The summed E-state index contributed by atoms with van der Waals surface area (Å²) in [5.41, 5.74) is 2.81. The van der Waals surface area contributed by atoms with Crippen LogP contribution in [0.25, 0.3) is 6.08 Å². The molecule has 7 nitrogen and oxygen atoms in total. The molecule has 1 heterocycles. The van der Waals surface area contributed by atoms with Gasteiger partial charge in [0, 0.05) is 23.8 Å². The second kappa shape index (κ2) is 7.33. The van der Waals surface area contributed by atoms with E-state index in [0.29, 0.717) is 35.4 Å². The van der Waals surface area contributed by atoms with Gasteiger partial charge in [0.05, 0.1) is 22.2 Å². The van der Waals surface area contributed by atoms with Gasteiger partial charge in [-0.05, 0) is 36.1 Å². The molecule has 7 heteroatoms. The summed E-state index contributed by atoms with van der Waals surface area (Å²) in [5.74, 6) is 0.108. The van der Waals surface area contributed by atoms with Gasteiger partial charge in [0.2, 0.25) is 0 Å². The number of anilines is 2. The molecule has 0 saturated carbocycles. The summed E-state index contributed by atoms with van der Waals surface area (Å²) in [7, 11) is 0. The van der Waals surface area contributed by atoms with Crippen molar-refractivity contribution in [2.45, 2.75) is 32.7 Å². The van der Waals surface area contributed by atoms with Gasteiger partial charge in [0.1, 0.15) is 11.4 Å². The first-order valence-electron chi connectivity index (χ1n) is 9.78. The summed E-state index contributed by atoms with van der Waals surface area (Å²) in [6.07, 6.45) is 4.50. The number of nitrogens with zero attached hydrogens (tertiary/aromatic N) is 1. The molecule has 0 spiro atoms. The topological polar surface area (TPSA) is 104 Å². The van der Waals surface area contributed by atoms with E-state index in [1.165, 1.54) is 6.07 Å². The molecule has 0 aromatic heterocycles. The largest absolute Gasteiger partial charge is 0.506 e. The van der Waals surface area contributed by atoms with Crippen molar-refractivity contribution in [1.82, 2.24) is 0 Å². The first-order chi connectivity index (χ1) is 14.2. The average Bonchev–Trinajstić information content (AvgIpc) is 2.83. The number of fused-ring (bicyclic) bond motifs is 1. The molecule has 0 fully saturated rings. The Bertz CT molecular complexity index is 1100. The van der Waals surface area contributed by atoms with Gasteiger partial charge < -0.3 is 15.7 Å². The summed E-state index contributed by atoms with van der Waals surface area (Å²) in [4.78, 5) is 24.0. The molecule has 2 aromatic carbocycles. The number of para-hydroxylation sites is 2. The van der Waals surface area contributed by atoms with Crippen molar-refractivity contribution in [2.24, 2.45) is 5.41 Å². The standard InChI is InChI=1S/C23H23N3O4/c1-23(2)12-17-21(20(28)13-23)15(24-16-7-5-9-19(27)22(16)25-17)11-10-14-6-3-4-8-18(14)26(29)30/h3-11,15,24-25,27H,12-13H2,1-2H3/b11-10+. The first-order valence-corrected chi connectivity index (χ1v) is 9.78. The number of nitro groups is 1. The highest BCUT2D eigenvalue weighted by atomic mass is 16.6. The second-order valence-electron chi connectivity index (χ2n) is 8.45. The number of nitro benzene ring substituents is 1. The molecular formula is C23H23N3O4. The summed E-state index contributed by atoms with van der Waals surface area (Å²) in [5, 5.41) is 28.3. The molecule has 1 atom stereocenters. The third-order valence-electron chi connectivity index (χ3n) is 5.46. The normalized spacial score (nSPS) is 20.1. The van der Waals surface area contributed by atoms with Gasteiger partial charge in [-0.25, -0.2) is 0 Å². The van der Waals surface area contributed by atoms with Crippen LogP contribution in [0.15, 0.2) is 59.8 Å². The zero-order chi connectivity index (χ0) is 21.5. The van der Waals surface area contributed by atoms with Gasteiger partial charge in [-0.3, -0.25) is 14.9 Å². The number of nitrogens with one attached hydrogen (secondary N) is 2. The van der Waals surface area contributed by atoms with Crippen LogP contribution in [0, 0.1) is 15.5 Å². The number of carbonyl (C=O) groups is 1. The molecule has 1 unspecified atom stereocenters. The zero-order valence-corrected chi connectivity index (χ0v) is 16.8. The molecule has 2 aliphatic rings. The Morgan fingerprint density at radius 3 is 2.70 bits per heavy atom. The highest BCUT2D eigenvalue weighted by Crippen LogP contribution is 2.44. The molecule has 2 aromatic rings. The van der Waals surface area contributed by atoms with Crippen LogP contribution in [0.4, 0.5) is 17.1 Å². The van der Waals surface area contributed by atoms with Crippen LogP contribution in [-0.2, 0) is 4.79 Å². The SMILES string of the molecule is CC1(C)CC(=O)C2=C(C1)Nc1c(O)cccc1NC2/C=C/c1ccccc1[N+](=O)[O-]. The third-order valence-corrected chi connectivity index (χ3v) is 5.46. The van der Waals surface area contributed by atoms with Crippen LogP contribution >= 0.6 is 0 Å². The van der Waals surface area contributed by atoms with Crippen molar-refractivity contribution in [3.63, 3.8) is 0 Å². The lowest BCUT2D eigenvalue weighted by atomic mass is 9.74. The minimum Gasteiger partial charge on any atom is -0.506 e. The van der Waals surface area contributed by atoms with E-state index in [9.17, 15) is 20.0 Å². The van der Waals surface area contributed by atoms with E-state index >= 15 is 0 Å². The molecule has 154 valence electrons. The van der Waals surface area contributed by atoms with Crippen LogP contribution in [0.3, 0.4) is 0 Å². The van der Waals surface area contributed by atoms with Gasteiger partial charge in [0.25, 0.3) is 5.69 Å². The highest BCUT2D eigenvalue weighted by Gasteiger charge is 2.37. The Morgan fingerprint density at radius 1 is 1.17 bits per heavy atom. The fourth-order valence-electron chi connectivity index (χ4n) is 4.13. The maximum absolute atomic E-state index is 13.1. The van der Waals surface area contributed by atoms with E-state index in [4.69, 9.17) is 0 Å². The number of phenols is 1. The van der Waals surface area contributed by atoms with Crippen LogP contribution in [0.5, 0.6) is 5.75 Å². The Labute approximate surface area is 174 Å². The third kappa shape index (κ3) is 3.66. The van der Waals surface area contributed by atoms with Crippen LogP contribution < -0.4 is 10.6 Å². The van der Waals surface area contributed by atoms with Crippen molar-refractivity contribution in [1.29, 1.82) is 0 Å². The number of rotatable bonds is 3. The molecular weight excluding hydrogens is 382 g/mol. The van der Waals surface area contributed by atoms with E-state index in [-0.39, 0.29) is 22.6 Å². The lowest BCUT2D eigenvalue weighted by molar-refractivity contribution is -0.385. The number of hydrogen-bond acceptors (Lipinski definition) is 6. The van der Waals surface area contributed by atoms with Crippen LogP contribution in [0.1, 0.15) is 32.3 Å². The van der Waals surface area contributed by atoms with Crippen LogP contribution in [-0.4, -0.2) is 21.9 Å². The molecule has 4 rings (SSSR count). The number of hydrogen-bond donors (Lipinski definition) is 3. The number of carbonyl (C=O) groups excluding carboxylic acids is 1. The first kappa shape index (κ1) is 19.7. The maximum atomic E-state index is 13.1. The Balaban J connectivity index is 1.81. The minimum atomic E-state index is -0.487. The summed E-state index contributed by atoms with van der Waals surface area (Å²) in [6.45, 7) is 4.08. The van der Waals surface area contributed by atoms with Crippen molar-refractivity contribution in [2.75, 3.05) is 10.6 Å². The zero-order valence-electron chi connectivity index (χ0n) is 16.8. The second-order valence-corrected chi connectivity index (χ2v) is 8.45. The number of ketones is 1. The Hall–Kier alpha value is -3.61. The summed E-state index contributed by atoms with van der Waals surface area (Å²) >= 11 is 0. The smallest absolute Gasteiger partial charge is 0.276 e. The predicted molar refractivity (Wildman–Crippen MR) is 116 cm³/mol. The van der Waals surface area contributed by atoms with E-state index in [1.54, 1.807) is 42.5 Å².